The Balaban J connectivity index is 1.75. The van der Waals surface area contributed by atoms with Crippen molar-refractivity contribution in [3.8, 4) is 33.8 Å². The summed E-state index contributed by atoms with van der Waals surface area (Å²) in [6, 6.07) is 15.6. The second kappa shape index (κ2) is 8.58. The molecule has 0 unspecified atom stereocenters. The number of aryl methyl sites for hydroxylation is 1. The molecule has 33 heavy (non-hydrogen) atoms. The van der Waals surface area contributed by atoms with Crippen LogP contribution in [-0.4, -0.2) is 35.6 Å². The summed E-state index contributed by atoms with van der Waals surface area (Å²) in [5.41, 5.74) is 6.32. The van der Waals surface area contributed by atoms with Gasteiger partial charge in [-0.2, -0.15) is 5.10 Å². The number of aromatic nitrogens is 6. The monoisotopic (exact) mass is 435 g/mol. The second-order valence-electron chi connectivity index (χ2n) is 7.56. The molecule has 0 bridgehead atoms. The predicted octanol–water partition coefficient (Wildman–Crippen LogP) is 4.50. The van der Waals surface area contributed by atoms with E-state index in [1.807, 2.05) is 62.6 Å². The van der Waals surface area contributed by atoms with Crippen LogP contribution in [0, 0.1) is 0 Å². The van der Waals surface area contributed by atoms with Gasteiger partial charge < -0.3 is 5.32 Å². The van der Waals surface area contributed by atoms with Gasteiger partial charge in [0.05, 0.1) is 22.6 Å². The van der Waals surface area contributed by atoms with Gasteiger partial charge in [-0.05, 0) is 18.2 Å². The maximum atomic E-state index is 12.3. The number of amides is 1. The van der Waals surface area contributed by atoms with E-state index in [1.54, 1.807) is 23.3 Å². The van der Waals surface area contributed by atoms with Crippen molar-refractivity contribution in [3.63, 3.8) is 0 Å². The van der Waals surface area contributed by atoms with E-state index in [-0.39, 0.29) is 5.91 Å². The summed E-state index contributed by atoms with van der Waals surface area (Å²) in [5.74, 6) is -0.0885. The van der Waals surface area contributed by atoms with Crippen LogP contribution in [-0.2, 0) is 11.8 Å². The average molecular weight is 435 g/mol. The molecule has 0 aliphatic heterocycles. The van der Waals surface area contributed by atoms with Gasteiger partial charge in [-0.25, -0.2) is 19.9 Å². The van der Waals surface area contributed by atoms with Crippen LogP contribution in [0.2, 0.25) is 0 Å². The van der Waals surface area contributed by atoms with Crippen LogP contribution in [0.5, 0.6) is 0 Å². The molecule has 0 aliphatic carbocycles. The summed E-state index contributed by atoms with van der Waals surface area (Å²) in [7, 11) is 1.89. The van der Waals surface area contributed by atoms with Crippen LogP contribution in [0.4, 0.5) is 5.69 Å². The zero-order valence-electron chi connectivity index (χ0n) is 18.2. The standard InChI is InChI=1S/C25H21N7O/c1-3-23(33)30-22-12-18-21(11-17(22)20-9-10-26-14-27-20)28-15-29-25(18)19-13-32(2)31-24(19)16-7-5-4-6-8-16/h4-15H,3H2,1-2H3,(H,30,33). The first-order valence-corrected chi connectivity index (χ1v) is 10.6. The van der Waals surface area contributed by atoms with Gasteiger partial charge in [-0.3, -0.25) is 9.48 Å². The Morgan fingerprint density at radius 3 is 2.58 bits per heavy atom. The van der Waals surface area contributed by atoms with Crippen LogP contribution < -0.4 is 5.32 Å². The first-order valence-electron chi connectivity index (χ1n) is 10.6. The number of anilines is 1. The van der Waals surface area contributed by atoms with E-state index in [9.17, 15) is 4.79 Å². The zero-order valence-corrected chi connectivity index (χ0v) is 18.2. The number of benzene rings is 2. The summed E-state index contributed by atoms with van der Waals surface area (Å²) in [6.07, 6.45) is 7.02. The molecule has 1 N–H and O–H groups in total. The number of fused-ring (bicyclic) bond motifs is 1. The zero-order chi connectivity index (χ0) is 22.8. The van der Waals surface area contributed by atoms with Crippen LogP contribution in [0.25, 0.3) is 44.7 Å². The highest BCUT2D eigenvalue weighted by atomic mass is 16.1. The average Bonchev–Trinajstić information content (AvgIpc) is 3.25. The van der Waals surface area contributed by atoms with E-state index in [2.05, 4.69) is 30.4 Å². The number of rotatable bonds is 5. The molecule has 0 fully saturated rings. The number of hydrogen-bond acceptors (Lipinski definition) is 6. The van der Waals surface area contributed by atoms with Gasteiger partial charge in [-0.1, -0.05) is 37.3 Å². The van der Waals surface area contributed by atoms with Gasteiger partial charge >= 0.3 is 0 Å². The maximum Gasteiger partial charge on any atom is 0.224 e. The minimum absolute atomic E-state index is 0.0885. The Bertz CT molecular complexity index is 1450. The highest BCUT2D eigenvalue weighted by Crippen LogP contribution is 2.37. The molecule has 8 nitrogen and oxygen atoms in total. The molecule has 0 aliphatic rings. The minimum atomic E-state index is -0.0885. The van der Waals surface area contributed by atoms with Gasteiger partial charge in [0, 0.05) is 47.9 Å². The fraction of sp³-hybridized carbons (Fsp3) is 0.120. The highest BCUT2D eigenvalue weighted by molar-refractivity contribution is 6.04. The molecule has 0 atom stereocenters. The van der Waals surface area contributed by atoms with E-state index in [0.29, 0.717) is 17.8 Å². The third kappa shape index (κ3) is 3.94. The largest absolute Gasteiger partial charge is 0.325 e. The van der Waals surface area contributed by atoms with Gasteiger partial charge in [0.25, 0.3) is 0 Å². The van der Waals surface area contributed by atoms with E-state index in [4.69, 9.17) is 0 Å². The van der Waals surface area contributed by atoms with Crippen LogP contribution in [0.1, 0.15) is 13.3 Å². The van der Waals surface area contributed by atoms with Gasteiger partial charge in [0.1, 0.15) is 18.3 Å². The number of carbonyl (C=O) groups excluding carboxylic acids is 1. The molecule has 0 saturated heterocycles. The van der Waals surface area contributed by atoms with Crippen molar-refractivity contribution < 1.29 is 4.79 Å². The van der Waals surface area contributed by atoms with Crippen molar-refractivity contribution in [2.45, 2.75) is 13.3 Å². The van der Waals surface area contributed by atoms with Gasteiger partial charge in [0.15, 0.2) is 0 Å². The van der Waals surface area contributed by atoms with Crippen LogP contribution in [0.15, 0.2) is 73.6 Å². The summed E-state index contributed by atoms with van der Waals surface area (Å²) >= 11 is 0. The summed E-state index contributed by atoms with van der Waals surface area (Å²) < 4.78 is 1.78. The predicted molar refractivity (Wildman–Crippen MR) is 127 cm³/mol. The van der Waals surface area contributed by atoms with Gasteiger partial charge in [0.2, 0.25) is 5.91 Å². The fourth-order valence-corrected chi connectivity index (χ4v) is 3.79. The summed E-state index contributed by atoms with van der Waals surface area (Å²) in [5, 5.41) is 8.50. The van der Waals surface area contributed by atoms with Crippen LogP contribution in [0.3, 0.4) is 0 Å². The molecule has 0 saturated carbocycles. The van der Waals surface area contributed by atoms with Crippen molar-refractivity contribution in [1.82, 2.24) is 29.7 Å². The molecule has 5 aromatic rings. The Labute approximate surface area is 190 Å². The molecule has 1 amide bonds. The minimum Gasteiger partial charge on any atom is -0.325 e. The molecular weight excluding hydrogens is 414 g/mol. The number of nitrogens with one attached hydrogen (secondary N) is 1. The van der Waals surface area contributed by atoms with E-state index < -0.39 is 0 Å². The molecule has 5 rings (SSSR count). The fourth-order valence-electron chi connectivity index (χ4n) is 3.79. The second-order valence-corrected chi connectivity index (χ2v) is 7.56. The molecule has 162 valence electrons. The molecule has 3 heterocycles. The maximum absolute atomic E-state index is 12.3. The Hall–Kier alpha value is -4.46. The molecule has 3 aromatic heterocycles. The van der Waals surface area contributed by atoms with Crippen LogP contribution >= 0.6 is 0 Å². The lowest BCUT2D eigenvalue weighted by Crippen LogP contribution is -2.11. The van der Waals surface area contributed by atoms with Gasteiger partial charge in [-0.15, -0.1) is 0 Å². The van der Waals surface area contributed by atoms with Crippen molar-refractivity contribution in [1.29, 1.82) is 0 Å². The Kier molecular flexibility index (Phi) is 5.32. The smallest absolute Gasteiger partial charge is 0.224 e. The first-order chi connectivity index (χ1) is 16.1. The van der Waals surface area contributed by atoms with Crippen molar-refractivity contribution in [2.24, 2.45) is 7.05 Å². The lowest BCUT2D eigenvalue weighted by atomic mass is 10.00. The lowest BCUT2D eigenvalue weighted by Gasteiger charge is -2.13. The topological polar surface area (TPSA) is 98.5 Å². The van der Waals surface area contributed by atoms with Crippen molar-refractivity contribution in [3.05, 3.63) is 73.6 Å². The first kappa shape index (κ1) is 20.4. The Morgan fingerprint density at radius 2 is 1.82 bits per heavy atom. The molecular formula is C25H21N7O. The van der Waals surface area contributed by atoms with Crippen molar-refractivity contribution in [2.75, 3.05) is 5.32 Å². The number of carbonyl (C=O) groups is 1. The normalized spacial score (nSPS) is 11.0. The van der Waals surface area contributed by atoms with E-state index in [0.717, 1.165) is 39.0 Å². The lowest BCUT2D eigenvalue weighted by molar-refractivity contribution is -0.115. The SMILES string of the molecule is CCC(=O)Nc1cc2c(-c3cn(C)nc3-c3ccccc3)ncnc2cc1-c1ccncn1. The molecule has 8 heteroatoms. The van der Waals surface area contributed by atoms with E-state index in [1.165, 1.54) is 6.33 Å². The van der Waals surface area contributed by atoms with E-state index >= 15 is 0 Å². The third-order valence-electron chi connectivity index (χ3n) is 5.36. The molecule has 2 aromatic carbocycles. The highest BCUT2D eigenvalue weighted by Gasteiger charge is 2.19. The Morgan fingerprint density at radius 1 is 0.970 bits per heavy atom. The quantitative estimate of drug-likeness (QED) is 0.436. The molecule has 0 radical (unpaired) electrons. The number of nitrogens with zero attached hydrogens (tertiary/aromatic N) is 6. The van der Waals surface area contributed by atoms with Crippen molar-refractivity contribution >= 4 is 22.5 Å². The molecule has 0 spiro atoms. The number of hydrogen-bond donors (Lipinski definition) is 1. The summed E-state index contributed by atoms with van der Waals surface area (Å²) in [4.78, 5) is 29.8. The third-order valence-corrected chi connectivity index (χ3v) is 5.36. The summed E-state index contributed by atoms with van der Waals surface area (Å²) in [6.45, 7) is 1.82.